The van der Waals surface area contributed by atoms with Crippen LogP contribution in [0.2, 0.25) is 0 Å². The van der Waals surface area contributed by atoms with Gasteiger partial charge in [-0.25, -0.2) is 4.79 Å². The molecule has 5 heteroatoms. The van der Waals surface area contributed by atoms with Gasteiger partial charge in [-0.3, -0.25) is 4.79 Å². The molecule has 0 radical (unpaired) electrons. The smallest absolute Gasteiger partial charge is 0.338 e. The summed E-state index contributed by atoms with van der Waals surface area (Å²) in [5.41, 5.74) is 4.29. The largest absolute Gasteiger partial charge is 0.459 e. The third-order valence-corrected chi connectivity index (χ3v) is 4.45. The van der Waals surface area contributed by atoms with Crippen molar-refractivity contribution in [3.05, 3.63) is 95.6 Å². The fourth-order valence-corrected chi connectivity index (χ4v) is 3.00. The van der Waals surface area contributed by atoms with E-state index >= 15 is 0 Å². The van der Waals surface area contributed by atoms with E-state index < -0.39 is 0 Å². The van der Waals surface area contributed by atoms with Crippen LogP contribution in [-0.2, 0) is 16.0 Å². The SMILES string of the molecule is CC(C)OC(=O)c1ccc(NCC(=O)Nc2ccccc2Cc2ccccc2)cc1. The van der Waals surface area contributed by atoms with E-state index in [1.165, 1.54) is 5.56 Å². The maximum absolute atomic E-state index is 12.4. The zero-order valence-corrected chi connectivity index (χ0v) is 17.2. The fourth-order valence-electron chi connectivity index (χ4n) is 3.00. The number of benzene rings is 3. The lowest BCUT2D eigenvalue weighted by Crippen LogP contribution is -2.22. The lowest BCUT2D eigenvalue weighted by molar-refractivity contribution is -0.114. The lowest BCUT2D eigenvalue weighted by atomic mass is 10.0. The highest BCUT2D eigenvalue weighted by Gasteiger charge is 2.10. The van der Waals surface area contributed by atoms with Gasteiger partial charge in [-0.1, -0.05) is 48.5 Å². The number of rotatable bonds is 8. The summed E-state index contributed by atoms with van der Waals surface area (Å²) in [5.74, 6) is -0.497. The van der Waals surface area contributed by atoms with Crippen molar-refractivity contribution in [2.24, 2.45) is 0 Å². The summed E-state index contributed by atoms with van der Waals surface area (Å²) in [6, 6.07) is 24.8. The third-order valence-electron chi connectivity index (χ3n) is 4.45. The zero-order chi connectivity index (χ0) is 21.3. The van der Waals surface area contributed by atoms with Crippen LogP contribution in [0.1, 0.15) is 35.3 Å². The lowest BCUT2D eigenvalue weighted by Gasteiger charge is -2.12. The maximum Gasteiger partial charge on any atom is 0.338 e. The fraction of sp³-hybridized carbons (Fsp3) is 0.200. The standard InChI is InChI=1S/C25H26N2O3/c1-18(2)30-25(29)20-12-14-22(15-13-20)26-17-24(28)27-23-11-7-6-10-21(23)16-19-8-4-3-5-9-19/h3-15,18,26H,16-17H2,1-2H3,(H,27,28). The molecule has 1 amide bonds. The van der Waals surface area contributed by atoms with E-state index in [2.05, 4.69) is 22.8 Å². The summed E-state index contributed by atoms with van der Waals surface area (Å²) in [4.78, 5) is 24.3. The van der Waals surface area contributed by atoms with Gasteiger partial charge in [0.05, 0.1) is 18.2 Å². The number of anilines is 2. The average molecular weight is 402 g/mol. The second-order valence-electron chi connectivity index (χ2n) is 7.25. The van der Waals surface area contributed by atoms with Crippen molar-refractivity contribution in [3.8, 4) is 0 Å². The molecule has 0 fully saturated rings. The van der Waals surface area contributed by atoms with Crippen LogP contribution in [0.25, 0.3) is 0 Å². The predicted octanol–water partition coefficient (Wildman–Crippen LogP) is 4.89. The molecule has 0 saturated heterocycles. The minimum Gasteiger partial charge on any atom is -0.459 e. The minimum atomic E-state index is -0.357. The van der Waals surface area contributed by atoms with Crippen LogP contribution < -0.4 is 10.6 Å². The van der Waals surface area contributed by atoms with Crippen LogP contribution in [0.4, 0.5) is 11.4 Å². The highest BCUT2D eigenvalue weighted by molar-refractivity contribution is 5.94. The number of esters is 1. The highest BCUT2D eigenvalue weighted by atomic mass is 16.5. The van der Waals surface area contributed by atoms with Crippen LogP contribution >= 0.6 is 0 Å². The molecule has 0 aliphatic rings. The molecular formula is C25H26N2O3. The molecule has 0 atom stereocenters. The molecule has 0 saturated carbocycles. The van der Waals surface area contributed by atoms with E-state index in [0.29, 0.717) is 5.56 Å². The monoisotopic (exact) mass is 402 g/mol. The minimum absolute atomic E-state index is 0.120. The Balaban J connectivity index is 1.56. The van der Waals surface area contributed by atoms with Gasteiger partial charge in [0.2, 0.25) is 5.91 Å². The van der Waals surface area contributed by atoms with Gasteiger partial charge in [0.25, 0.3) is 0 Å². The summed E-state index contributed by atoms with van der Waals surface area (Å²) in [6.07, 6.45) is 0.585. The van der Waals surface area contributed by atoms with E-state index in [0.717, 1.165) is 23.4 Å². The molecule has 0 bridgehead atoms. The quantitative estimate of drug-likeness (QED) is 0.526. The average Bonchev–Trinajstić information content (AvgIpc) is 2.74. The molecule has 5 nitrogen and oxygen atoms in total. The van der Waals surface area contributed by atoms with Crippen molar-refractivity contribution in [1.29, 1.82) is 0 Å². The van der Waals surface area contributed by atoms with E-state index in [1.54, 1.807) is 24.3 Å². The summed E-state index contributed by atoms with van der Waals surface area (Å²) >= 11 is 0. The van der Waals surface area contributed by atoms with Crippen LogP contribution in [-0.4, -0.2) is 24.5 Å². The molecule has 0 aliphatic carbocycles. The molecule has 3 aromatic rings. The Morgan fingerprint density at radius 1 is 0.867 bits per heavy atom. The number of amides is 1. The molecular weight excluding hydrogens is 376 g/mol. The van der Waals surface area contributed by atoms with Gasteiger partial charge in [-0.2, -0.15) is 0 Å². The second kappa shape index (κ2) is 10.3. The predicted molar refractivity (Wildman–Crippen MR) is 120 cm³/mol. The first-order valence-corrected chi connectivity index (χ1v) is 9.98. The number of hydrogen-bond acceptors (Lipinski definition) is 4. The van der Waals surface area contributed by atoms with Gasteiger partial charge < -0.3 is 15.4 Å². The normalized spacial score (nSPS) is 10.5. The van der Waals surface area contributed by atoms with E-state index in [1.807, 2.05) is 56.3 Å². The van der Waals surface area contributed by atoms with Gasteiger partial charge in [0.15, 0.2) is 0 Å². The summed E-state index contributed by atoms with van der Waals surface area (Å²) in [6.45, 7) is 3.74. The van der Waals surface area contributed by atoms with Crippen LogP contribution in [0, 0.1) is 0 Å². The van der Waals surface area contributed by atoms with Gasteiger partial charge >= 0.3 is 5.97 Å². The van der Waals surface area contributed by atoms with E-state index in [4.69, 9.17) is 4.74 Å². The molecule has 0 heterocycles. The van der Waals surface area contributed by atoms with Crippen molar-refractivity contribution in [3.63, 3.8) is 0 Å². The van der Waals surface area contributed by atoms with Crippen molar-refractivity contribution in [2.45, 2.75) is 26.4 Å². The molecule has 154 valence electrons. The first-order chi connectivity index (χ1) is 14.5. The molecule has 0 spiro atoms. The number of hydrogen-bond donors (Lipinski definition) is 2. The molecule has 0 unspecified atom stereocenters. The van der Waals surface area contributed by atoms with Crippen molar-refractivity contribution >= 4 is 23.3 Å². The Bertz CT molecular complexity index is 983. The Morgan fingerprint density at radius 3 is 2.23 bits per heavy atom. The van der Waals surface area contributed by atoms with Crippen molar-refractivity contribution in [1.82, 2.24) is 0 Å². The van der Waals surface area contributed by atoms with E-state index in [-0.39, 0.29) is 24.5 Å². The Hall–Kier alpha value is -3.60. The Labute approximate surface area is 177 Å². The van der Waals surface area contributed by atoms with Crippen LogP contribution in [0.3, 0.4) is 0 Å². The van der Waals surface area contributed by atoms with Crippen LogP contribution in [0.5, 0.6) is 0 Å². The van der Waals surface area contributed by atoms with Crippen LogP contribution in [0.15, 0.2) is 78.9 Å². The van der Waals surface area contributed by atoms with Crippen molar-refractivity contribution in [2.75, 3.05) is 17.2 Å². The Kier molecular flexibility index (Phi) is 7.22. The first-order valence-electron chi connectivity index (χ1n) is 9.98. The summed E-state index contributed by atoms with van der Waals surface area (Å²) in [7, 11) is 0. The molecule has 0 aromatic heterocycles. The van der Waals surface area contributed by atoms with E-state index in [9.17, 15) is 9.59 Å². The topological polar surface area (TPSA) is 67.4 Å². The number of carbonyl (C=O) groups is 2. The Morgan fingerprint density at radius 2 is 1.53 bits per heavy atom. The zero-order valence-electron chi connectivity index (χ0n) is 17.2. The number of ether oxygens (including phenoxy) is 1. The molecule has 2 N–H and O–H groups in total. The number of carbonyl (C=O) groups excluding carboxylic acids is 2. The summed E-state index contributed by atoms with van der Waals surface area (Å²) in [5, 5.41) is 6.05. The van der Waals surface area contributed by atoms with Gasteiger partial charge in [-0.15, -0.1) is 0 Å². The van der Waals surface area contributed by atoms with Gasteiger partial charge in [0, 0.05) is 11.4 Å². The molecule has 3 aromatic carbocycles. The summed E-state index contributed by atoms with van der Waals surface area (Å²) < 4.78 is 5.17. The number of nitrogens with one attached hydrogen (secondary N) is 2. The molecule has 30 heavy (non-hydrogen) atoms. The number of para-hydroxylation sites is 1. The second-order valence-corrected chi connectivity index (χ2v) is 7.25. The molecule has 3 rings (SSSR count). The van der Waals surface area contributed by atoms with Crippen molar-refractivity contribution < 1.29 is 14.3 Å². The maximum atomic E-state index is 12.4. The van der Waals surface area contributed by atoms with Gasteiger partial charge in [0.1, 0.15) is 0 Å². The molecule has 0 aliphatic heterocycles. The van der Waals surface area contributed by atoms with Gasteiger partial charge in [-0.05, 0) is 61.7 Å². The third kappa shape index (κ3) is 6.21. The first kappa shape index (κ1) is 21.1. The highest BCUT2D eigenvalue weighted by Crippen LogP contribution is 2.19.